The van der Waals surface area contributed by atoms with Crippen LogP contribution in [0.1, 0.15) is 6.92 Å². The molecule has 3 heteroatoms. The van der Waals surface area contributed by atoms with Crippen LogP contribution in [0, 0.1) is 0 Å². The van der Waals surface area contributed by atoms with E-state index in [4.69, 9.17) is 10.4 Å². The standard InChI is InChI=1S/C5H8O3/c1-3-4(2)5(6)8-7/h3,6-7H,1H2,2H3/b5-4-. The molecule has 0 spiro atoms. The van der Waals surface area contributed by atoms with Crippen molar-refractivity contribution in [3.8, 4) is 0 Å². The third kappa shape index (κ3) is 1.66. The van der Waals surface area contributed by atoms with Gasteiger partial charge in [0, 0.05) is 5.57 Å². The second-order valence-corrected chi connectivity index (χ2v) is 1.28. The third-order valence-corrected chi connectivity index (χ3v) is 0.730. The minimum atomic E-state index is -0.514. The van der Waals surface area contributed by atoms with Gasteiger partial charge in [-0.25, -0.2) is 0 Å². The van der Waals surface area contributed by atoms with Crippen molar-refractivity contribution in [3.63, 3.8) is 0 Å². The third-order valence-electron chi connectivity index (χ3n) is 0.730. The summed E-state index contributed by atoms with van der Waals surface area (Å²) in [5.41, 5.74) is 0.396. The van der Waals surface area contributed by atoms with Gasteiger partial charge in [0.05, 0.1) is 0 Å². The van der Waals surface area contributed by atoms with Crippen LogP contribution >= 0.6 is 0 Å². The van der Waals surface area contributed by atoms with Crippen molar-refractivity contribution in [1.82, 2.24) is 0 Å². The van der Waals surface area contributed by atoms with Gasteiger partial charge >= 0.3 is 5.95 Å². The quantitative estimate of drug-likeness (QED) is 0.248. The Balaban J connectivity index is 4.03. The molecule has 0 aliphatic carbocycles. The Kier molecular flexibility index (Phi) is 2.72. The van der Waals surface area contributed by atoms with Crippen molar-refractivity contribution >= 4 is 0 Å². The van der Waals surface area contributed by atoms with Gasteiger partial charge in [-0.2, -0.15) is 5.26 Å². The van der Waals surface area contributed by atoms with E-state index in [1.54, 1.807) is 6.92 Å². The molecule has 46 valence electrons. The normalized spacial score (nSPS) is 12.2. The zero-order valence-corrected chi connectivity index (χ0v) is 4.59. The maximum Gasteiger partial charge on any atom is 0.317 e. The molecule has 0 heterocycles. The van der Waals surface area contributed by atoms with E-state index in [0.717, 1.165) is 0 Å². The molecule has 0 unspecified atom stereocenters. The lowest BCUT2D eigenvalue weighted by Gasteiger charge is -1.93. The summed E-state index contributed by atoms with van der Waals surface area (Å²) < 4.78 is 0. The SMILES string of the molecule is C=C/C(C)=C(/O)OO. The molecule has 0 aliphatic heterocycles. The van der Waals surface area contributed by atoms with Gasteiger partial charge in [-0.3, -0.25) is 0 Å². The first kappa shape index (κ1) is 7.04. The number of allylic oxidation sites excluding steroid dienone is 2. The van der Waals surface area contributed by atoms with E-state index in [0.29, 0.717) is 5.57 Å². The number of hydrogen-bond acceptors (Lipinski definition) is 3. The summed E-state index contributed by atoms with van der Waals surface area (Å²) in [4.78, 5) is 3.47. The van der Waals surface area contributed by atoms with Gasteiger partial charge in [0.25, 0.3) is 0 Å². The van der Waals surface area contributed by atoms with Crippen LogP contribution in [0.3, 0.4) is 0 Å². The fourth-order valence-corrected chi connectivity index (χ4v) is 0.159. The molecule has 0 aromatic carbocycles. The number of hydrogen-bond donors (Lipinski definition) is 2. The van der Waals surface area contributed by atoms with E-state index >= 15 is 0 Å². The molecular weight excluding hydrogens is 108 g/mol. The lowest BCUT2D eigenvalue weighted by Crippen LogP contribution is -1.86. The highest BCUT2D eigenvalue weighted by atomic mass is 17.1. The topological polar surface area (TPSA) is 49.7 Å². The molecule has 0 rings (SSSR count). The summed E-state index contributed by atoms with van der Waals surface area (Å²) in [6.07, 6.45) is 1.37. The number of aliphatic hydroxyl groups excluding tert-OH is 1. The molecule has 0 amide bonds. The van der Waals surface area contributed by atoms with Crippen molar-refractivity contribution in [2.45, 2.75) is 6.92 Å². The average molecular weight is 116 g/mol. The molecule has 8 heavy (non-hydrogen) atoms. The highest BCUT2D eigenvalue weighted by Crippen LogP contribution is 1.99. The highest BCUT2D eigenvalue weighted by Gasteiger charge is 1.93. The molecule has 0 fully saturated rings. The molecule has 0 radical (unpaired) electrons. The Labute approximate surface area is 47.5 Å². The van der Waals surface area contributed by atoms with Crippen LogP contribution in [-0.2, 0) is 4.89 Å². The predicted octanol–water partition coefficient (Wildman–Crippen LogP) is 1.45. The first-order chi connectivity index (χ1) is 3.72. The van der Waals surface area contributed by atoms with Crippen molar-refractivity contribution in [1.29, 1.82) is 0 Å². The van der Waals surface area contributed by atoms with E-state index in [1.807, 2.05) is 0 Å². The van der Waals surface area contributed by atoms with Crippen LogP contribution < -0.4 is 0 Å². The van der Waals surface area contributed by atoms with Crippen LogP contribution in [0.15, 0.2) is 24.2 Å². The molecule has 0 saturated carbocycles. The van der Waals surface area contributed by atoms with Crippen molar-refractivity contribution in [2.24, 2.45) is 0 Å². The summed E-state index contributed by atoms with van der Waals surface area (Å²) in [6.45, 7) is 4.87. The van der Waals surface area contributed by atoms with E-state index in [9.17, 15) is 0 Å². The van der Waals surface area contributed by atoms with Crippen molar-refractivity contribution < 1.29 is 15.3 Å². The highest BCUT2D eigenvalue weighted by molar-refractivity contribution is 5.12. The van der Waals surface area contributed by atoms with Gasteiger partial charge in [-0.1, -0.05) is 12.7 Å². The number of aliphatic hydroxyl groups is 1. The summed E-state index contributed by atoms with van der Waals surface area (Å²) in [6, 6.07) is 0. The fraction of sp³-hybridized carbons (Fsp3) is 0.200. The van der Waals surface area contributed by atoms with Crippen molar-refractivity contribution in [2.75, 3.05) is 0 Å². The summed E-state index contributed by atoms with van der Waals surface area (Å²) >= 11 is 0. The zero-order chi connectivity index (χ0) is 6.57. The Bertz CT molecular complexity index is 115. The first-order valence-corrected chi connectivity index (χ1v) is 2.06. The summed E-state index contributed by atoms with van der Waals surface area (Å²) in [7, 11) is 0. The number of rotatable bonds is 2. The Morgan fingerprint density at radius 1 is 1.75 bits per heavy atom. The van der Waals surface area contributed by atoms with E-state index in [2.05, 4.69) is 11.5 Å². The molecule has 3 nitrogen and oxygen atoms in total. The van der Waals surface area contributed by atoms with Gasteiger partial charge in [-0.05, 0) is 6.92 Å². The average Bonchev–Trinajstić information content (AvgIpc) is 1.84. The second kappa shape index (κ2) is 3.10. The van der Waals surface area contributed by atoms with Gasteiger partial charge in [0.15, 0.2) is 0 Å². The fourth-order valence-electron chi connectivity index (χ4n) is 0.159. The maximum atomic E-state index is 8.46. The van der Waals surface area contributed by atoms with Crippen LogP contribution in [0.2, 0.25) is 0 Å². The van der Waals surface area contributed by atoms with Gasteiger partial charge in [0.2, 0.25) is 0 Å². The van der Waals surface area contributed by atoms with E-state index in [1.165, 1.54) is 6.08 Å². The van der Waals surface area contributed by atoms with E-state index in [-0.39, 0.29) is 0 Å². The molecule has 0 bridgehead atoms. The minimum absolute atomic E-state index is 0.396. The predicted molar refractivity (Wildman–Crippen MR) is 29.2 cm³/mol. The molecule has 0 saturated heterocycles. The second-order valence-electron chi connectivity index (χ2n) is 1.28. The lowest BCUT2D eigenvalue weighted by molar-refractivity contribution is -0.236. The van der Waals surface area contributed by atoms with Gasteiger partial charge < -0.3 is 9.99 Å². The molecule has 0 aromatic heterocycles. The molecule has 0 atom stereocenters. The smallest absolute Gasteiger partial charge is 0.317 e. The van der Waals surface area contributed by atoms with Crippen LogP contribution in [-0.4, -0.2) is 10.4 Å². The van der Waals surface area contributed by atoms with Crippen LogP contribution in [0.25, 0.3) is 0 Å². The summed E-state index contributed by atoms with van der Waals surface area (Å²) in [5.74, 6) is -0.514. The summed E-state index contributed by atoms with van der Waals surface area (Å²) in [5, 5.41) is 16.2. The van der Waals surface area contributed by atoms with E-state index < -0.39 is 5.95 Å². The van der Waals surface area contributed by atoms with Gasteiger partial charge in [0.1, 0.15) is 0 Å². The monoisotopic (exact) mass is 116 g/mol. The van der Waals surface area contributed by atoms with Crippen LogP contribution in [0.4, 0.5) is 0 Å². The Morgan fingerprint density at radius 3 is 2.38 bits per heavy atom. The van der Waals surface area contributed by atoms with Crippen LogP contribution in [0.5, 0.6) is 0 Å². The minimum Gasteiger partial charge on any atom is -0.479 e. The van der Waals surface area contributed by atoms with Crippen molar-refractivity contribution in [3.05, 3.63) is 24.2 Å². The Hall–Kier alpha value is -0.960. The zero-order valence-electron chi connectivity index (χ0n) is 4.59. The first-order valence-electron chi connectivity index (χ1n) is 2.06. The lowest BCUT2D eigenvalue weighted by atomic mass is 10.3. The van der Waals surface area contributed by atoms with Gasteiger partial charge in [-0.15, -0.1) is 0 Å². The maximum absolute atomic E-state index is 8.46. The molecular formula is C5H8O3. The molecule has 2 N–H and O–H groups in total. The Morgan fingerprint density at radius 2 is 2.25 bits per heavy atom. The largest absolute Gasteiger partial charge is 0.479 e. The molecule has 0 aromatic rings. The molecule has 0 aliphatic rings.